The van der Waals surface area contributed by atoms with Crippen molar-refractivity contribution >= 4 is 11.9 Å². The topological polar surface area (TPSA) is 69.2 Å². The zero-order valence-electron chi connectivity index (χ0n) is 17.6. The Hall–Kier alpha value is -1.34. The molecule has 1 amide bonds. The Bertz CT molecular complexity index is 475. The summed E-state index contributed by atoms with van der Waals surface area (Å²) in [6.07, 6.45) is 5.03. The molecular weight excluding hydrogens is 342 g/mol. The zero-order chi connectivity index (χ0) is 19.5. The van der Waals surface area contributed by atoms with Crippen molar-refractivity contribution in [3.8, 4) is 0 Å². The number of carbonyl (C=O) groups excluding carboxylic acids is 1. The molecule has 7 heteroatoms. The van der Waals surface area contributed by atoms with Crippen molar-refractivity contribution in [1.82, 2.24) is 20.4 Å². The highest BCUT2D eigenvalue weighted by Gasteiger charge is 2.28. The second-order valence-corrected chi connectivity index (χ2v) is 8.08. The number of ether oxygens (including phenoxy) is 1. The molecule has 0 aromatic heterocycles. The Morgan fingerprint density at radius 2 is 1.93 bits per heavy atom. The molecule has 0 bridgehead atoms. The summed E-state index contributed by atoms with van der Waals surface area (Å²) in [5.41, 5.74) is 0.0185. The molecule has 2 saturated heterocycles. The first-order valence-electron chi connectivity index (χ1n) is 10.7. The summed E-state index contributed by atoms with van der Waals surface area (Å²) in [5.74, 6) is 1.18. The van der Waals surface area contributed by atoms with Crippen LogP contribution >= 0.6 is 0 Å². The van der Waals surface area contributed by atoms with Crippen LogP contribution in [0.15, 0.2) is 4.99 Å². The molecule has 156 valence electrons. The van der Waals surface area contributed by atoms with E-state index in [4.69, 9.17) is 9.73 Å². The summed E-state index contributed by atoms with van der Waals surface area (Å²) < 4.78 is 5.46. The lowest BCUT2D eigenvalue weighted by Gasteiger charge is -2.39. The Balaban J connectivity index is 1.76. The molecule has 0 aromatic carbocycles. The molecule has 2 heterocycles. The Morgan fingerprint density at radius 1 is 1.15 bits per heavy atom. The van der Waals surface area contributed by atoms with Gasteiger partial charge in [0.05, 0.1) is 19.8 Å². The van der Waals surface area contributed by atoms with E-state index in [0.717, 1.165) is 84.2 Å². The lowest BCUT2D eigenvalue weighted by molar-refractivity contribution is -0.130. The van der Waals surface area contributed by atoms with Crippen molar-refractivity contribution in [2.24, 2.45) is 4.99 Å². The average molecular weight is 382 g/mol. The molecule has 27 heavy (non-hydrogen) atoms. The normalized spacial score (nSPS) is 20.5. The molecule has 0 spiro atoms. The van der Waals surface area contributed by atoms with Gasteiger partial charge in [0.1, 0.15) is 0 Å². The van der Waals surface area contributed by atoms with Crippen LogP contribution in [0.3, 0.4) is 0 Å². The van der Waals surface area contributed by atoms with Crippen molar-refractivity contribution in [3.63, 3.8) is 0 Å². The Labute approximate surface area is 164 Å². The minimum Gasteiger partial charge on any atom is -0.379 e. The largest absolute Gasteiger partial charge is 0.379 e. The highest BCUT2D eigenvalue weighted by Crippen LogP contribution is 2.16. The van der Waals surface area contributed by atoms with Gasteiger partial charge in [0.15, 0.2) is 5.96 Å². The number of rotatable bonds is 8. The van der Waals surface area contributed by atoms with E-state index in [0.29, 0.717) is 12.3 Å². The molecule has 0 aromatic rings. The van der Waals surface area contributed by atoms with E-state index in [2.05, 4.69) is 36.3 Å². The number of morpholine rings is 1. The predicted octanol–water partition coefficient (Wildman–Crippen LogP) is 1.45. The van der Waals surface area contributed by atoms with Gasteiger partial charge in [-0.25, -0.2) is 0 Å². The average Bonchev–Trinajstić information content (AvgIpc) is 2.88. The number of hydrogen-bond donors (Lipinski definition) is 2. The highest BCUT2D eigenvalue weighted by atomic mass is 16.5. The Morgan fingerprint density at radius 3 is 2.67 bits per heavy atom. The molecule has 2 aliphatic rings. The van der Waals surface area contributed by atoms with Crippen molar-refractivity contribution in [3.05, 3.63) is 0 Å². The van der Waals surface area contributed by atoms with E-state index in [1.54, 1.807) is 0 Å². The number of nitrogens with one attached hydrogen (secondary N) is 2. The number of hydrogen-bond acceptors (Lipinski definition) is 4. The first kappa shape index (κ1) is 22.0. The quantitative estimate of drug-likeness (QED) is 0.378. The SMILES string of the molecule is CCNC(=NCC(C)(C)N1CCOCC1)NCCCN1CCCCCC1=O. The van der Waals surface area contributed by atoms with Crippen LogP contribution in [-0.2, 0) is 9.53 Å². The predicted molar refractivity (Wildman–Crippen MR) is 110 cm³/mol. The molecule has 7 nitrogen and oxygen atoms in total. The molecule has 0 unspecified atom stereocenters. The fraction of sp³-hybridized carbons (Fsp3) is 0.900. The third-order valence-corrected chi connectivity index (χ3v) is 5.40. The molecular formula is C20H39N5O2. The number of likely N-dealkylation sites (tertiary alicyclic amines) is 1. The van der Waals surface area contributed by atoms with Gasteiger partial charge in [0.25, 0.3) is 0 Å². The van der Waals surface area contributed by atoms with Crippen LogP contribution in [-0.4, -0.2) is 86.2 Å². The van der Waals surface area contributed by atoms with Gasteiger partial charge in [0.2, 0.25) is 5.91 Å². The first-order valence-corrected chi connectivity index (χ1v) is 10.7. The van der Waals surface area contributed by atoms with Gasteiger partial charge in [0, 0.05) is 51.2 Å². The van der Waals surface area contributed by atoms with Crippen molar-refractivity contribution in [2.45, 2.75) is 58.4 Å². The Kier molecular flexibility index (Phi) is 9.34. The molecule has 2 fully saturated rings. The van der Waals surface area contributed by atoms with E-state index in [1.165, 1.54) is 6.42 Å². The van der Waals surface area contributed by atoms with E-state index in [1.807, 2.05) is 4.90 Å². The van der Waals surface area contributed by atoms with Crippen LogP contribution < -0.4 is 10.6 Å². The number of nitrogens with zero attached hydrogens (tertiary/aromatic N) is 3. The first-order chi connectivity index (χ1) is 13.0. The van der Waals surface area contributed by atoms with E-state index >= 15 is 0 Å². The van der Waals surface area contributed by atoms with E-state index in [9.17, 15) is 4.79 Å². The number of guanidine groups is 1. The van der Waals surface area contributed by atoms with Gasteiger partial charge in [-0.3, -0.25) is 14.7 Å². The second-order valence-electron chi connectivity index (χ2n) is 8.08. The lowest BCUT2D eigenvalue weighted by atomic mass is 10.0. The van der Waals surface area contributed by atoms with Gasteiger partial charge in [-0.1, -0.05) is 6.42 Å². The number of amides is 1. The van der Waals surface area contributed by atoms with Gasteiger partial charge in [-0.05, 0) is 40.0 Å². The van der Waals surface area contributed by atoms with Gasteiger partial charge in [-0.15, -0.1) is 0 Å². The number of aliphatic imine (C=N–C) groups is 1. The molecule has 2 rings (SSSR count). The molecule has 0 aliphatic carbocycles. The monoisotopic (exact) mass is 381 g/mol. The molecule has 2 aliphatic heterocycles. The van der Waals surface area contributed by atoms with Gasteiger partial charge in [-0.2, -0.15) is 0 Å². The number of carbonyl (C=O) groups is 1. The third kappa shape index (κ3) is 7.66. The molecule has 2 N–H and O–H groups in total. The van der Waals surface area contributed by atoms with Gasteiger partial charge < -0.3 is 20.3 Å². The summed E-state index contributed by atoms with van der Waals surface area (Å²) in [6.45, 7) is 14.3. The standard InChI is InChI=1S/C20H39N5O2/c1-4-21-19(23-17-20(2,3)25-13-15-27-16-14-25)22-10-8-12-24-11-7-5-6-9-18(24)26/h4-17H2,1-3H3,(H2,21,22,23). The van der Waals surface area contributed by atoms with Gasteiger partial charge >= 0.3 is 0 Å². The van der Waals surface area contributed by atoms with E-state index in [-0.39, 0.29) is 5.54 Å². The van der Waals surface area contributed by atoms with E-state index < -0.39 is 0 Å². The maximum atomic E-state index is 12.1. The summed E-state index contributed by atoms with van der Waals surface area (Å²) in [6, 6.07) is 0. The van der Waals surface area contributed by atoms with Crippen LogP contribution in [0.2, 0.25) is 0 Å². The van der Waals surface area contributed by atoms with Crippen molar-refractivity contribution in [2.75, 3.05) is 59.0 Å². The summed E-state index contributed by atoms with van der Waals surface area (Å²) in [4.78, 5) is 21.4. The minimum atomic E-state index is 0.0185. The van der Waals surface area contributed by atoms with Crippen LogP contribution in [0.5, 0.6) is 0 Å². The fourth-order valence-corrected chi connectivity index (χ4v) is 3.63. The lowest BCUT2D eigenvalue weighted by Crippen LogP contribution is -2.52. The van der Waals surface area contributed by atoms with Crippen molar-refractivity contribution in [1.29, 1.82) is 0 Å². The highest BCUT2D eigenvalue weighted by molar-refractivity contribution is 5.79. The summed E-state index contributed by atoms with van der Waals surface area (Å²) in [5, 5.41) is 6.75. The maximum Gasteiger partial charge on any atom is 0.222 e. The minimum absolute atomic E-state index is 0.0185. The summed E-state index contributed by atoms with van der Waals surface area (Å²) >= 11 is 0. The van der Waals surface area contributed by atoms with Crippen LogP contribution in [0.25, 0.3) is 0 Å². The smallest absolute Gasteiger partial charge is 0.222 e. The fourth-order valence-electron chi connectivity index (χ4n) is 3.63. The van der Waals surface area contributed by atoms with Crippen LogP contribution in [0.1, 0.15) is 52.9 Å². The molecule has 0 atom stereocenters. The van der Waals surface area contributed by atoms with Crippen LogP contribution in [0, 0.1) is 0 Å². The van der Waals surface area contributed by atoms with Crippen molar-refractivity contribution < 1.29 is 9.53 Å². The van der Waals surface area contributed by atoms with Crippen LogP contribution in [0.4, 0.5) is 0 Å². The molecule has 0 saturated carbocycles. The molecule has 0 radical (unpaired) electrons. The third-order valence-electron chi connectivity index (χ3n) is 5.40. The maximum absolute atomic E-state index is 12.1. The second kappa shape index (κ2) is 11.5. The zero-order valence-corrected chi connectivity index (χ0v) is 17.6. The summed E-state index contributed by atoms with van der Waals surface area (Å²) in [7, 11) is 0.